The highest BCUT2D eigenvalue weighted by atomic mass is 16.5. The van der Waals surface area contributed by atoms with Gasteiger partial charge < -0.3 is 9.64 Å². The molecule has 0 unspecified atom stereocenters. The van der Waals surface area contributed by atoms with Gasteiger partial charge in [0, 0.05) is 0 Å². The average Bonchev–Trinajstić information content (AvgIpc) is 3.20. The van der Waals surface area contributed by atoms with Crippen LogP contribution >= 0.6 is 0 Å². The van der Waals surface area contributed by atoms with E-state index in [-0.39, 0.29) is 0 Å². The van der Waals surface area contributed by atoms with E-state index in [1.165, 1.54) is 77.5 Å². The third-order valence-electron chi connectivity index (χ3n) is 7.47. The van der Waals surface area contributed by atoms with Crippen LogP contribution in [0.25, 0.3) is 33.0 Å². The number of likely N-dealkylation sites (tertiary alicyclic amines) is 1. The molecule has 2 aliphatic rings. The lowest BCUT2D eigenvalue weighted by Crippen LogP contribution is -2.33. The Morgan fingerprint density at radius 1 is 0.697 bits per heavy atom. The van der Waals surface area contributed by atoms with Gasteiger partial charge in [0.1, 0.15) is 5.75 Å². The predicted octanol–water partition coefficient (Wildman–Crippen LogP) is 7.53. The second kappa shape index (κ2) is 9.03. The van der Waals surface area contributed by atoms with Gasteiger partial charge in [-0.1, -0.05) is 72.8 Å². The summed E-state index contributed by atoms with van der Waals surface area (Å²) in [5.74, 6) is 1.73. The Balaban J connectivity index is 0.995. The van der Waals surface area contributed by atoms with Gasteiger partial charge in [0.15, 0.2) is 0 Å². The normalized spacial score (nSPS) is 15.6. The van der Waals surface area contributed by atoms with E-state index in [1.54, 1.807) is 0 Å². The Kier molecular flexibility index (Phi) is 5.61. The number of fused-ring (bicyclic) bond motifs is 3. The third kappa shape index (κ3) is 4.05. The van der Waals surface area contributed by atoms with E-state index in [1.807, 2.05) is 0 Å². The SMILES string of the molecule is c1ccc(C2CCN(CCCCOc3ccc4c(c3)-c3cccc5cccc-4c35)CC2)cc1. The molecule has 0 amide bonds. The molecule has 4 aromatic carbocycles. The second-order valence-electron chi connectivity index (χ2n) is 9.50. The molecule has 0 aromatic heterocycles. The summed E-state index contributed by atoms with van der Waals surface area (Å²) < 4.78 is 6.17. The quantitative estimate of drug-likeness (QED) is 0.246. The fourth-order valence-electron chi connectivity index (χ4n) is 5.70. The highest BCUT2D eigenvalue weighted by molar-refractivity contribution is 6.15. The summed E-state index contributed by atoms with van der Waals surface area (Å²) in [6.45, 7) is 4.41. The highest BCUT2D eigenvalue weighted by Gasteiger charge is 2.22. The minimum absolute atomic E-state index is 0.738. The average molecular weight is 434 g/mol. The first-order chi connectivity index (χ1) is 16.4. The van der Waals surface area contributed by atoms with Crippen LogP contribution in [0.2, 0.25) is 0 Å². The highest BCUT2D eigenvalue weighted by Crippen LogP contribution is 2.48. The maximum atomic E-state index is 6.17. The van der Waals surface area contributed by atoms with Crippen LogP contribution in [0.15, 0.2) is 84.9 Å². The first-order valence-electron chi connectivity index (χ1n) is 12.4. The molecule has 1 fully saturated rings. The molecule has 33 heavy (non-hydrogen) atoms. The molecule has 0 spiro atoms. The van der Waals surface area contributed by atoms with Gasteiger partial charge in [0.05, 0.1) is 6.61 Å². The molecule has 0 bridgehead atoms. The molecule has 0 saturated carbocycles. The van der Waals surface area contributed by atoms with Crippen molar-refractivity contribution in [3.05, 3.63) is 90.5 Å². The van der Waals surface area contributed by atoms with Gasteiger partial charge in [0.2, 0.25) is 0 Å². The Morgan fingerprint density at radius 2 is 1.45 bits per heavy atom. The predicted molar refractivity (Wildman–Crippen MR) is 138 cm³/mol. The molecule has 4 aromatic rings. The van der Waals surface area contributed by atoms with Crippen LogP contribution in [0.1, 0.15) is 37.2 Å². The second-order valence-corrected chi connectivity index (χ2v) is 9.50. The summed E-state index contributed by atoms with van der Waals surface area (Å²) in [5, 5.41) is 2.69. The summed E-state index contributed by atoms with van der Waals surface area (Å²) in [4.78, 5) is 2.63. The molecule has 1 saturated heterocycles. The molecule has 1 aliphatic carbocycles. The molecular formula is C31H31NO. The zero-order valence-corrected chi connectivity index (χ0v) is 19.2. The standard InChI is InChI=1S/C31H31NO/c1-2-8-23(9-3-1)24-16-19-32(20-17-24)18-4-5-21-33-26-14-15-27-28-12-6-10-25-11-7-13-29(31(25)28)30(27)22-26/h1-3,6-15,22,24H,4-5,16-21H2. The van der Waals surface area contributed by atoms with Crippen LogP contribution in [0.4, 0.5) is 0 Å². The number of rotatable bonds is 7. The van der Waals surface area contributed by atoms with Crippen molar-refractivity contribution < 1.29 is 4.74 Å². The molecule has 0 radical (unpaired) electrons. The van der Waals surface area contributed by atoms with Crippen molar-refractivity contribution in [2.75, 3.05) is 26.2 Å². The van der Waals surface area contributed by atoms with Gasteiger partial charge in [0.25, 0.3) is 0 Å². The smallest absolute Gasteiger partial charge is 0.119 e. The van der Waals surface area contributed by atoms with Crippen molar-refractivity contribution in [3.8, 4) is 28.0 Å². The summed E-state index contributed by atoms with van der Waals surface area (Å²) in [5.41, 5.74) is 6.83. The van der Waals surface area contributed by atoms with E-state index >= 15 is 0 Å². The maximum Gasteiger partial charge on any atom is 0.119 e. The van der Waals surface area contributed by atoms with Crippen molar-refractivity contribution in [1.82, 2.24) is 4.90 Å². The van der Waals surface area contributed by atoms with Gasteiger partial charge in [-0.25, -0.2) is 0 Å². The topological polar surface area (TPSA) is 12.5 Å². The van der Waals surface area contributed by atoms with Gasteiger partial charge in [-0.3, -0.25) is 0 Å². The van der Waals surface area contributed by atoms with Gasteiger partial charge >= 0.3 is 0 Å². The zero-order valence-electron chi connectivity index (χ0n) is 19.2. The Hall–Kier alpha value is -3.10. The maximum absolute atomic E-state index is 6.17. The zero-order chi connectivity index (χ0) is 22.0. The van der Waals surface area contributed by atoms with E-state index in [0.29, 0.717) is 0 Å². The van der Waals surface area contributed by atoms with E-state index in [9.17, 15) is 0 Å². The van der Waals surface area contributed by atoms with Crippen molar-refractivity contribution >= 4 is 10.8 Å². The van der Waals surface area contributed by atoms with Crippen LogP contribution < -0.4 is 4.74 Å². The largest absolute Gasteiger partial charge is 0.494 e. The monoisotopic (exact) mass is 433 g/mol. The molecule has 2 heteroatoms. The lowest BCUT2D eigenvalue weighted by Gasteiger charge is -2.32. The Morgan fingerprint density at radius 3 is 2.24 bits per heavy atom. The fourth-order valence-corrected chi connectivity index (χ4v) is 5.70. The van der Waals surface area contributed by atoms with Gasteiger partial charge in [-0.05, 0) is 102 Å². The summed E-state index contributed by atoms with van der Waals surface area (Å²) in [6.07, 6.45) is 4.87. The van der Waals surface area contributed by atoms with Gasteiger partial charge in [-0.15, -0.1) is 0 Å². The van der Waals surface area contributed by atoms with E-state index < -0.39 is 0 Å². The lowest BCUT2D eigenvalue weighted by molar-refractivity contribution is 0.202. The summed E-state index contributed by atoms with van der Waals surface area (Å²) in [7, 11) is 0. The number of hydrogen-bond donors (Lipinski definition) is 0. The van der Waals surface area contributed by atoms with Crippen LogP contribution in [0.5, 0.6) is 5.75 Å². The first kappa shape index (κ1) is 20.5. The van der Waals surface area contributed by atoms with Crippen molar-refractivity contribution in [3.63, 3.8) is 0 Å². The number of nitrogens with zero attached hydrogens (tertiary/aromatic N) is 1. The van der Waals surface area contributed by atoms with Gasteiger partial charge in [-0.2, -0.15) is 0 Å². The van der Waals surface area contributed by atoms with Crippen LogP contribution in [0.3, 0.4) is 0 Å². The minimum atomic E-state index is 0.738. The Bertz CT molecular complexity index is 1250. The number of piperidine rings is 1. The number of benzene rings is 4. The summed E-state index contributed by atoms with van der Waals surface area (Å²) in [6, 6.07) is 30.8. The van der Waals surface area contributed by atoms with Crippen molar-refractivity contribution in [2.45, 2.75) is 31.6 Å². The molecule has 1 heterocycles. The van der Waals surface area contributed by atoms with E-state index in [4.69, 9.17) is 4.74 Å². The van der Waals surface area contributed by atoms with Crippen LogP contribution in [-0.2, 0) is 0 Å². The molecule has 0 atom stereocenters. The number of ether oxygens (including phenoxy) is 1. The van der Waals surface area contributed by atoms with E-state index in [0.717, 1.165) is 24.7 Å². The molecule has 2 nitrogen and oxygen atoms in total. The first-order valence-corrected chi connectivity index (χ1v) is 12.4. The molecule has 6 rings (SSSR count). The molecule has 1 aliphatic heterocycles. The van der Waals surface area contributed by atoms with Crippen LogP contribution in [-0.4, -0.2) is 31.1 Å². The molecule has 0 N–H and O–H groups in total. The molecular weight excluding hydrogens is 402 g/mol. The van der Waals surface area contributed by atoms with E-state index in [2.05, 4.69) is 89.8 Å². The number of hydrogen-bond acceptors (Lipinski definition) is 2. The van der Waals surface area contributed by atoms with Crippen molar-refractivity contribution in [1.29, 1.82) is 0 Å². The Labute approximate surface area is 196 Å². The fraction of sp³-hybridized carbons (Fsp3) is 0.290. The van der Waals surface area contributed by atoms with Crippen molar-refractivity contribution in [2.24, 2.45) is 0 Å². The summed E-state index contributed by atoms with van der Waals surface area (Å²) >= 11 is 0. The molecule has 166 valence electrons. The lowest BCUT2D eigenvalue weighted by atomic mass is 9.89. The number of unbranched alkanes of at least 4 members (excludes halogenated alkanes) is 1. The minimum Gasteiger partial charge on any atom is -0.494 e. The third-order valence-corrected chi connectivity index (χ3v) is 7.47. The van der Waals surface area contributed by atoms with Crippen LogP contribution in [0, 0.1) is 0 Å².